The van der Waals surface area contributed by atoms with Crippen LogP contribution in [0.3, 0.4) is 0 Å². The monoisotopic (exact) mass is 444 g/mol. The molecule has 3 N–H and O–H groups in total. The van der Waals surface area contributed by atoms with Gasteiger partial charge in [0.25, 0.3) is 0 Å². The van der Waals surface area contributed by atoms with Gasteiger partial charge in [-0.15, -0.1) is 0 Å². The molecule has 1 aromatic carbocycles. The minimum absolute atomic E-state index is 0.141. The Hall–Kier alpha value is -2.61. The molecule has 2 aliphatic rings. The van der Waals surface area contributed by atoms with E-state index in [0.29, 0.717) is 19.4 Å². The summed E-state index contributed by atoms with van der Waals surface area (Å²) in [6, 6.07) is 6.93. The van der Waals surface area contributed by atoms with Crippen LogP contribution in [-0.2, 0) is 20.8 Å². The van der Waals surface area contributed by atoms with E-state index in [0.717, 1.165) is 49.8 Å². The first-order valence-electron chi connectivity index (χ1n) is 11.7. The van der Waals surface area contributed by atoms with Crippen molar-refractivity contribution in [1.82, 2.24) is 20.9 Å². The van der Waals surface area contributed by atoms with Gasteiger partial charge < -0.3 is 20.7 Å². The van der Waals surface area contributed by atoms with E-state index in [1.165, 1.54) is 0 Å². The molecule has 3 amide bonds. The van der Waals surface area contributed by atoms with Gasteiger partial charge in [0.2, 0.25) is 17.7 Å². The fourth-order valence-electron chi connectivity index (χ4n) is 4.31. The quantitative estimate of drug-likeness (QED) is 0.654. The smallest absolute Gasteiger partial charge is 0.242 e. The second kappa shape index (κ2) is 11.9. The standard InChI is InChI=1S/C24H36N4O4/c1-28(2)21-15-17-8-7-11-19(14-17)32-13-6-5-12-20(27-22(29)16-25-24(21)31)23(30)26-18-9-3-4-10-18/h7-8,11,14,18,20-21H,3-6,9-10,12-13,15-16H2,1-2H3,(H,25,31)(H,26,30)(H,27,29). The molecule has 0 spiro atoms. The first kappa shape index (κ1) is 24.0. The molecule has 176 valence electrons. The van der Waals surface area contributed by atoms with Crippen LogP contribution in [0.5, 0.6) is 5.75 Å². The second-order valence-corrected chi connectivity index (χ2v) is 9.00. The Morgan fingerprint density at radius 2 is 1.84 bits per heavy atom. The normalized spacial score (nSPS) is 23.8. The Balaban J connectivity index is 1.70. The zero-order chi connectivity index (χ0) is 22.9. The van der Waals surface area contributed by atoms with E-state index in [1.54, 1.807) is 0 Å². The van der Waals surface area contributed by atoms with Gasteiger partial charge in [-0.1, -0.05) is 25.0 Å². The van der Waals surface area contributed by atoms with Gasteiger partial charge in [-0.3, -0.25) is 19.3 Å². The minimum Gasteiger partial charge on any atom is -0.494 e. The molecule has 2 unspecified atom stereocenters. The Bertz CT molecular complexity index is 792. The summed E-state index contributed by atoms with van der Waals surface area (Å²) in [5, 5.41) is 8.63. The number of hydrogen-bond acceptors (Lipinski definition) is 5. The number of carbonyl (C=O) groups is 3. The molecular formula is C24H36N4O4. The van der Waals surface area contributed by atoms with Crippen molar-refractivity contribution in [2.24, 2.45) is 0 Å². The summed E-state index contributed by atoms with van der Waals surface area (Å²) in [5.74, 6) is 0.0529. The molecule has 3 rings (SSSR count). The topological polar surface area (TPSA) is 99.8 Å². The van der Waals surface area contributed by atoms with E-state index in [4.69, 9.17) is 4.74 Å². The molecule has 1 saturated carbocycles. The summed E-state index contributed by atoms with van der Waals surface area (Å²) in [5.41, 5.74) is 0.997. The van der Waals surface area contributed by atoms with E-state index in [9.17, 15) is 14.4 Å². The lowest BCUT2D eigenvalue weighted by molar-refractivity contribution is -0.131. The maximum absolute atomic E-state index is 12.8. The lowest BCUT2D eigenvalue weighted by atomic mass is 10.0. The molecule has 8 heteroatoms. The minimum atomic E-state index is -0.610. The highest BCUT2D eigenvalue weighted by Crippen LogP contribution is 2.19. The average molecular weight is 445 g/mol. The molecule has 1 aliphatic heterocycles. The molecule has 2 bridgehead atoms. The third kappa shape index (κ3) is 7.22. The van der Waals surface area contributed by atoms with Crippen LogP contribution in [0.1, 0.15) is 50.5 Å². The van der Waals surface area contributed by atoms with Gasteiger partial charge >= 0.3 is 0 Å². The molecule has 1 aliphatic carbocycles. The maximum Gasteiger partial charge on any atom is 0.242 e. The molecule has 2 atom stereocenters. The third-order valence-corrected chi connectivity index (χ3v) is 6.19. The number of nitrogens with zero attached hydrogens (tertiary/aromatic N) is 1. The summed E-state index contributed by atoms with van der Waals surface area (Å²) in [6.45, 7) is 0.380. The van der Waals surface area contributed by atoms with Crippen LogP contribution < -0.4 is 20.7 Å². The predicted octanol–water partition coefficient (Wildman–Crippen LogP) is 1.38. The van der Waals surface area contributed by atoms with Crippen molar-refractivity contribution in [3.63, 3.8) is 0 Å². The predicted molar refractivity (Wildman–Crippen MR) is 122 cm³/mol. The molecule has 32 heavy (non-hydrogen) atoms. The molecular weight excluding hydrogens is 408 g/mol. The number of likely N-dealkylation sites (N-methyl/N-ethyl adjacent to an activating group) is 1. The van der Waals surface area contributed by atoms with Crippen molar-refractivity contribution in [2.75, 3.05) is 27.2 Å². The number of nitrogens with one attached hydrogen (secondary N) is 3. The van der Waals surface area contributed by atoms with Crippen LogP contribution in [0.15, 0.2) is 24.3 Å². The fourth-order valence-corrected chi connectivity index (χ4v) is 4.31. The van der Waals surface area contributed by atoms with E-state index in [1.807, 2.05) is 43.3 Å². The van der Waals surface area contributed by atoms with Gasteiger partial charge in [0.05, 0.1) is 19.2 Å². The first-order valence-corrected chi connectivity index (χ1v) is 11.7. The van der Waals surface area contributed by atoms with Gasteiger partial charge in [0, 0.05) is 6.04 Å². The number of ether oxygens (including phenoxy) is 1. The fraction of sp³-hybridized carbons (Fsp3) is 0.625. The van der Waals surface area contributed by atoms with E-state index in [-0.39, 0.29) is 30.3 Å². The van der Waals surface area contributed by atoms with E-state index < -0.39 is 12.1 Å². The van der Waals surface area contributed by atoms with Crippen molar-refractivity contribution in [1.29, 1.82) is 0 Å². The van der Waals surface area contributed by atoms with Crippen molar-refractivity contribution in [2.45, 2.75) is 69.5 Å². The molecule has 8 nitrogen and oxygen atoms in total. The first-order chi connectivity index (χ1) is 15.4. The van der Waals surface area contributed by atoms with Gasteiger partial charge in [-0.25, -0.2) is 0 Å². The van der Waals surface area contributed by atoms with Crippen molar-refractivity contribution < 1.29 is 19.1 Å². The zero-order valence-electron chi connectivity index (χ0n) is 19.2. The maximum atomic E-state index is 12.8. The van der Waals surface area contributed by atoms with E-state index >= 15 is 0 Å². The lowest BCUT2D eigenvalue weighted by Crippen LogP contribution is -2.52. The summed E-state index contributed by atoms with van der Waals surface area (Å²) in [6.07, 6.45) is 6.79. The van der Waals surface area contributed by atoms with Gasteiger partial charge in [0.15, 0.2) is 0 Å². The Morgan fingerprint density at radius 1 is 1.09 bits per heavy atom. The van der Waals surface area contributed by atoms with Crippen LogP contribution in [0.4, 0.5) is 0 Å². The summed E-state index contributed by atoms with van der Waals surface area (Å²) in [7, 11) is 3.68. The van der Waals surface area contributed by atoms with Crippen LogP contribution in [0.25, 0.3) is 0 Å². The Kier molecular flexibility index (Phi) is 8.90. The summed E-state index contributed by atoms with van der Waals surface area (Å²) in [4.78, 5) is 40.0. The lowest BCUT2D eigenvalue weighted by Gasteiger charge is -2.25. The van der Waals surface area contributed by atoms with Crippen LogP contribution in [0.2, 0.25) is 0 Å². The second-order valence-electron chi connectivity index (χ2n) is 9.00. The number of fused-ring (bicyclic) bond motifs is 2. The summed E-state index contributed by atoms with van der Waals surface area (Å²) < 4.78 is 5.89. The largest absolute Gasteiger partial charge is 0.494 e. The van der Waals surface area contributed by atoms with Crippen molar-refractivity contribution in [3.8, 4) is 5.75 Å². The third-order valence-electron chi connectivity index (χ3n) is 6.19. The highest BCUT2D eigenvalue weighted by Gasteiger charge is 2.26. The summed E-state index contributed by atoms with van der Waals surface area (Å²) >= 11 is 0. The SMILES string of the molecule is CN(C)C1Cc2cccc(c2)OCCCCC(C(=O)NC2CCCC2)NC(=O)CNC1=O. The average Bonchev–Trinajstić information content (AvgIpc) is 3.27. The number of hydrogen-bond donors (Lipinski definition) is 3. The number of benzene rings is 1. The molecule has 0 saturated heterocycles. The highest BCUT2D eigenvalue weighted by molar-refractivity contribution is 5.91. The van der Waals surface area contributed by atoms with Crippen LogP contribution >= 0.6 is 0 Å². The van der Waals surface area contributed by atoms with Gasteiger partial charge in [0.1, 0.15) is 11.8 Å². The molecule has 1 fully saturated rings. The molecule has 1 aromatic rings. The van der Waals surface area contributed by atoms with Crippen molar-refractivity contribution >= 4 is 17.7 Å². The van der Waals surface area contributed by atoms with Crippen molar-refractivity contribution in [3.05, 3.63) is 29.8 Å². The highest BCUT2D eigenvalue weighted by atomic mass is 16.5. The zero-order valence-corrected chi connectivity index (χ0v) is 19.2. The number of carbonyl (C=O) groups excluding carboxylic acids is 3. The molecule has 0 aromatic heterocycles. The molecule has 1 heterocycles. The Morgan fingerprint density at radius 3 is 2.59 bits per heavy atom. The van der Waals surface area contributed by atoms with Gasteiger partial charge in [-0.2, -0.15) is 0 Å². The number of amides is 3. The Labute approximate surface area is 190 Å². The molecule has 0 radical (unpaired) electrons. The number of rotatable bonds is 3. The van der Waals surface area contributed by atoms with Gasteiger partial charge in [-0.05, 0) is 70.3 Å². The van der Waals surface area contributed by atoms with Crippen LogP contribution in [-0.4, -0.2) is 68.0 Å². The van der Waals surface area contributed by atoms with Crippen LogP contribution in [0, 0.1) is 0 Å². The van der Waals surface area contributed by atoms with E-state index in [2.05, 4.69) is 16.0 Å².